The highest BCUT2D eigenvalue weighted by Crippen LogP contribution is 2.36. The van der Waals surface area contributed by atoms with Crippen molar-refractivity contribution in [2.75, 3.05) is 0 Å². The predicted octanol–water partition coefficient (Wildman–Crippen LogP) is 15.1. The molecule has 0 saturated heterocycles. The van der Waals surface area contributed by atoms with Crippen LogP contribution in [-0.4, -0.2) is 80.6 Å². The van der Waals surface area contributed by atoms with Crippen molar-refractivity contribution in [3.8, 4) is 22.9 Å². The Morgan fingerprint density at radius 1 is 0.474 bits per heavy atom. The number of sulfone groups is 3. The molecule has 17 nitrogen and oxygen atoms in total. The third kappa shape index (κ3) is 15.8. The number of alkyl halides is 6. The molecule has 0 bridgehead atoms. The lowest BCUT2D eigenvalue weighted by Gasteiger charge is -2.19. The second kappa shape index (κ2) is 27.0. The molecule has 0 spiro atoms. The summed E-state index contributed by atoms with van der Waals surface area (Å²) in [6.07, 6.45) is 0.261. The van der Waals surface area contributed by atoms with Crippen molar-refractivity contribution in [1.82, 2.24) is 49.3 Å². The molecule has 95 heavy (non-hydrogen) atoms. The van der Waals surface area contributed by atoms with Gasteiger partial charge in [-0.15, -0.1) is 0 Å². The number of rotatable bonds is 15. The average molecular weight is 1360 g/mol. The Kier molecular flexibility index (Phi) is 19.4. The molecule has 0 unspecified atom stereocenters. The smallest absolute Gasteiger partial charge is 0.435 e. The normalized spacial score (nSPS) is 12.5. The van der Waals surface area contributed by atoms with E-state index >= 15 is 0 Å². The molecule has 0 aliphatic carbocycles. The lowest BCUT2D eigenvalue weighted by molar-refractivity contribution is -0.142. The van der Waals surface area contributed by atoms with Crippen molar-refractivity contribution in [3.05, 3.63) is 240 Å². The molecule has 26 heteroatoms. The number of hydrogen-bond donors (Lipinski definition) is 0. The van der Waals surface area contributed by atoms with Gasteiger partial charge in [0.1, 0.15) is 5.75 Å². The molecule has 7 heterocycles. The lowest BCUT2D eigenvalue weighted by atomic mass is 9.87. The molecule has 12 aromatic rings. The van der Waals surface area contributed by atoms with E-state index in [1.54, 1.807) is 121 Å². The van der Waals surface area contributed by atoms with E-state index in [9.17, 15) is 51.6 Å². The first kappa shape index (κ1) is 68.2. The van der Waals surface area contributed by atoms with Crippen LogP contribution in [-0.2, 0) is 64.5 Å². The quantitative estimate of drug-likeness (QED) is 0.0873. The maximum Gasteiger partial charge on any atom is 0.435 e. The highest BCUT2D eigenvalue weighted by atomic mass is 32.2. The number of benzene rings is 5. The van der Waals surface area contributed by atoms with Crippen molar-refractivity contribution in [2.45, 2.75) is 117 Å². The second-order valence-electron chi connectivity index (χ2n) is 23.9. The van der Waals surface area contributed by atoms with Gasteiger partial charge < -0.3 is 4.74 Å². The summed E-state index contributed by atoms with van der Waals surface area (Å²) in [4.78, 5) is 17.2. The summed E-state index contributed by atoms with van der Waals surface area (Å²) in [5.74, 6) is -0.141. The third-order valence-corrected chi connectivity index (χ3v) is 20.1. The number of aryl methyl sites for hydroxylation is 1. The summed E-state index contributed by atoms with van der Waals surface area (Å²) in [5, 5.41) is 15.6. The number of nitrogens with zero attached hydrogens (tertiary/aromatic N) is 10. The zero-order chi connectivity index (χ0) is 68.4. The monoisotopic (exact) mass is 1350 g/mol. The number of pyridine rings is 4. The first-order valence-electron chi connectivity index (χ1n) is 29.7. The Morgan fingerprint density at radius 3 is 1.47 bits per heavy atom. The van der Waals surface area contributed by atoms with Gasteiger partial charge in [-0.3, -0.25) is 15.0 Å². The Bertz CT molecular complexity index is 5090. The third-order valence-electron chi connectivity index (χ3n) is 15.1. The minimum atomic E-state index is -4.73. The molecule has 7 aromatic heterocycles. The number of ether oxygens (including phenoxy) is 1. The Hall–Kier alpha value is -9.66. The summed E-state index contributed by atoms with van der Waals surface area (Å²) < 4.78 is 169. The highest BCUT2D eigenvalue weighted by Gasteiger charge is 2.38. The van der Waals surface area contributed by atoms with Gasteiger partial charge in [0.05, 0.1) is 77.7 Å². The molecule has 0 atom stereocenters. The van der Waals surface area contributed by atoms with Gasteiger partial charge in [-0.1, -0.05) is 77.1 Å². The Labute approximate surface area is 544 Å². The second-order valence-corrected chi connectivity index (χ2v) is 29.9. The molecule has 0 amide bonds. The van der Waals surface area contributed by atoms with Crippen LogP contribution in [0, 0.1) is 6.92 Å². The van der Waals surface area contributed by atoms with Crippen LogP contribution >= 0.6 is 0 Å². The van der Waals surface area contributed by atoms with E-state index in [0.29, 0.717) is 55.2 Å². The van der Waals surface area contributed by atoms with Gasteiger partial charge in [0.15, 0.2) is 46.7 Å². The molecule has 0 fully saturated rings. The highest BCUT2D eigenvalue weighted by molar-refractivity contribution is 7.91. The summed E-state index contributed by atoms with van der Waals surface area (Å²) in [6, 6.07) is 41.4. The van der Waals surface area contributed by atoms with Crippen LogP contribution in [0.25, 0.3) is 49.6 Å². The molecule has 0 aliphatic rings. The summed E-state index contributed by atoms with van der Waals surface area (Å²) in [7, 11) is -11.4. The van der Waals surface area contributed by atoms with Crippen LogP contribution in [0.2, 0.25) is 0 Å². The number of halogens is 6. The van der Waals surface area contributed by atoms with Crippen molar-refractivity contribution >= 4 is 62.0 Å². The maximum absolute atomic E-state index is 13.5. The van der Waals surface area contributed by atoms with Crippen molar-refractivity contribution in [2.24, 2.45) is 0 Å². The molecule has 0 radical (unpaired) electrons. The summed E-state index contributed by atoms with van der Waals surface area (Å²) >= 11 is 0. The van der Waals surface area contributed by atoms with Gasteiger partial charge in [-0.05, 0) is 158 Å². The van der Waals surface area contributed by atoms with E-state index in [1.165, 1.54) is 42.6 Å². The van der Waals surface area contributed by atoms with E-state index in [1.807, 2.05) is 58.9 Å². The van der Waals surface area contributed by atoms with Gasteiger partial charge in [0.25, 0.3) is 0 Å². The van der Waals surface area contributed by atoms with Crippen LogP contribution in [0.5, 0.6) is 5.75 Å². The Balaban J connectivity index is 0.000000155. The largest absolute Gasteiger partial charge is 0.491 e. The molecular formula is C69H64F6N10O7S3. The molecule has 12 rings (SSSR count). The first-order chi connectivity index (χ1) is 44.8. The summed E-state index contributed by atoms with van der Waals surface area (Å²) in [6.45, 7) is 15.8. The fourth-order valence-corrected chi connectivity index (χ4v) is 14.3. The van der Waals surface area contributed by atoms with Gasteiger partial charge in [-0.2, -0.15) is 41.6 Å². The van der Waals surface area contributed by atoms with Crippen molar-refractivity contribution in [3.63, 3.8) is 0 Å². The minimum Gasteiger partial charge on any atom is -0.491 e. The molecular weight excluding hydrogens is 1290 g/mol. The number of fused-ring (bicyclic) bond motifs is 3. The lowest BCUT2D eigenvalue weighted by Crippen LogP contribution is -2.13. The van der Waals surface area contributed by atoms with Crippen LogP contribution in [0.15, 0.2) is 210 Å². The van der Waals surface area contributed by atoms with Crippen molar-refractivity contribution in [1.29, 1.82) is 0 Å². The van der Waals surface area contributed by atoms with Gasteiger partial charge >= 0.3 is 12.4 Å². The van der Waals surface area contributed by atoms with E-state index < -0.39 is 64.8 Å². The van der Waals surface area contributed by atoms with Crippen LogP contribution < -0.4 is 4.74 Å². The van der Waals surface area contributed by atoms with Crippen LogP contribution in [0.4, 0.5) is 26.3 Å². The van der Waals surface area contributed by atoms with Gasteiger partial charge in [0, 0.05) is 64.1 Å². The fourth-order valence-electron chi connectivity index (χ4n) is 10.4. The maximum atomic E-state index is 13.5. The molecule has 492 valence electrons. The van der Waals surface area contributed by atoms with Crippen LogP contribution in [0.3, 0.4) is 0 Å². The van der Waals surface area contributed by atoms with Crippen LogP contribution in [0.1, 0.15) is 99.7 Å². The summed E-state index contributed by atoms with van der Waals surface area (Å²) in [5.41, 5.74) is 2.03. The average Bonchev–Trinajstić information content (AvgIpc) is 1.70. The molecule has 0 N–H and O–H groups in total. The van der Waals surface area contributed by atoms with E-state index in [0.717, 1.165) is 49.1 Å². The van der Waals surface area contributed by atoms with E-state index in [2.05, 4.69) is 56.0 Å². The first-order valence-corrected chi connectivity index (χ1v) is 34.6. The van der Waals surface area contributed by atoms with Gasteiger partial charge in [0.2, 0.25) is 0 Å². The fraction of sp³-hybridized carbons (Fsp3) is 0.232. The standard InChI is InChI=1S/C23H20F3N3O3S.C23H20F3N3O2S.C23H24N4O2S/c1-15(2)32-17-8-10-18(11-9-17)33(30,31)14-16-13-22(23(24,25)26)28-29(16)21-7-3-6-20-19(21)5-4-12-27-20;1-15(2)16-6-8-19(9-7-16)32(30,31)14-18-12-22(23(24,25)26)28-29(18)21-5-3-4-17-13-27-11-10-20(17)21;1-16-13-19(15-30(28,29)20-7-5-18(6-8-20)23(2,3)4)27(26-16)22-21-10-11-24-14-17(21)9-12-25-22/h3-13,15H,14H2,1-2H3;3-13,15H,14H2,1-2H3;5-14H,15H2,1-4H3. The predicted molar refractivity (Wildman–Crippen MR) is 350 cm³/mol. The van der Waals surface area contributed by atoms with Crippen molar-refractivity contribution < 1.29 is 56.3 Å². The van der Waals surface area contributed by atoms with E-state index in [4.69, 9.17) is 4.74 Å². The minimum absolute atomic E-state index is 0.0282. The topological polar surface area (TPSA) is 217 Å². The Morgan fingerprint density at radius 2 is 0.958 bits per heavy atom. The zero-order valence-corrected chi connectivity index (χ0v) is 55.0. The van der Waals surface area contributed by atoms with E-state index in [-0.39, 0.29) is 44.4 Å². The molecule has 0 aliphatic heterocycles. The number of hydrogen-bond acceptors (Lipinski definition) is 14. The van der Waals surface area contributed by atoms with Gasteiger partial charge in [-0.25, -0.2) is 44.3 Å². The molecule has 0 saturated carbocycles. The zero-order valence-electron chi connectivity index (χ0n) is 52.6. The number of aromatic nitrogens is 10. The SMILES string of the molecule is CC(C)Oc1ccc(S(=O)(=O)Cc2cc(C(F)(F)F)nn2-c2cccc3ncccc23)cc1.CC(C)c1ccc(S(=O)(=O)Cc2cc(C(F)(F)F)nn2-c2cccc3cnccc23)cc1.Cc1cc(CS(=O)(=O)c2ccc(C(C)(C)C)cc2)n(-c2nccc3cnccc23)n1. The molecule has 5 aromatic carbocycles.